The van der Waals surface area contributed by atoms with Gasteiger partial charge in [-0.15, -0.1) is 0 Å². The van der Waals surface area contributed by atoms with Crippen LogP contribution in [0.5, 0.6) is 0 Å². The second-order valence-electron chi connectivity index (χ2n) is 4.44. The fourth-order valence-corrected chi connectivity index (χ4v) is 1.95. The van der Waals surface area contributed by atoms with Gasteiger partial charge in [0.2, 0.25) is 0 Å². The Balaban J connectivity index is 2.58. The molecule has 0 aliphatic heterocycles. The fraction of sp³-hybridized carbons (Fsp3) is 0.267. The van der Waals surface area contributed by atoms with Crippen molar-refractivity contribution in [3.05, 3.63) is 41.5 Å². The molecular formula is C15H16FN3O4. The van der Waals surface area contributed by atoms with Gasteiger partial charge in [-0.2, -0.15) is 5.10 Å². The molecule has 0 aliphatic carbocycles. The Morgan fingerprint density at radius 2 is 1.70 bits per heavy atom. The summed E-state index contributed by atoms with van der Waals surface area (Å²) < 4.78 is 24.0. The molecule has 0 amide bonds. The highest BCUT2D eigenvalue weighted by molar-refractivity contribution is 6.02. The maximum atomic E-state index is 13.1. The van der Waals surface area contributed by atoms with Crippen LogP contribution in [0.1, 0.15) is 34.8 Å². The van der Waals surface area contributed by atoms with Gasteiger partial charge in [0.1, 0.15) is 11.5 Å². The lowest BCUT2D eigenvalue weighted by Crippen LogP contribution is -2.13. The zero-order valence-electron chi connectivity index (χ0n) is 12.7. The summed E-state index contributed by atoms with van der Waals surface area (Å²) in [5, 5.41) is 4.03. The van der Waals surface area contributed by atoms with Gasteiger partial charge >= 0.3 is 11.9 Å². The summed E-state index contributed by atoms with van der Waals surface area (Å²) in [5.74, 6) is -1.94. The van der Waals surface area contributed by atoms with Crippen LogP contribution in [0.4, 0.5) is 10.1 Å². The smallest absolute Gasteiger partial charge is 0.361 e. The van der Waals surface area contributed by atoms with E-state index in [-0.39, 0.29) is 30.3 Å². The van der Waals surface area contributed by atoms with Gasteiger partial charge in [0.25, 0.3) is 0 Å². The number of halogens is 1. The second-order valence-corrected chi connectivity index (χ2v) is 4.44. The van der Waals surface area contributed by atoms with Gasteiger partial charge in [0.15, 0.2) is 11.4 Å². The number of carbonyl (C=O) groups excluding carboxylic acids is 2. The number of nitrogen functional groups attached to an aromatic ring is 1. The van der Waals surface area contributed by atoms with E-state index >= 15 is 0 Å². The first-order valence-corrected chi connectivity index (χ1v) is 6.98. The summed E-state index contributed by atoms with van der Waals surface area (Å²) in [6, 6.07) is 5.21. The first-order chi connectivity index (χ1) is 11.0. The molecule has 23 heavy (non-hydrogen) atoms. The largest absolute Gasteiger partial charge is 0.461 e. The third-order valence-corrected chi connectivity index (χ3v) is 2.93. The van der Waals surface area contributed by atoms with Gasteiger partial charge in [-0.1, -0.05) is 0 Å². The third kappa shape index (κ3) is 3.31. The Morgan fingerprint density at radius 1 is 1.13 bits per heavy atom. The number of ether oxygens (including phenoxy) is 2. The van der Waals surface area contributed by atoms with E-state index in [0.29, 0.717) is 5.69 Å². The number of nitrogens with zero attached hydrogens (tertiary/aromatic N) is 2. The summed E-state index contributed by atoms with van der Waals surface area (Å²) >= 11 is 0. The minimum absolute atomic E-state index is 0.110. The quantitative estimate of drug-likeness (QED) is 0.846. The first-order valence-electron chi connectivity index (χ1n) is 6.98. The molecule has 0 radical (unpaired) electrons. The van der Waals surface area contributed by atoms with E-state index in [0.717, 1.165) is 4.68 Å². The van der Waals surface area contributed by atoms with Gasteiger partial charge in [-0.3, -0.25) is 0 Å². The Kier molecular flexibility index (Phi) is 4.95. The van der Waals surface area contributed by atoms with Crippen LogP contribution in [-0.4, -0.2) is 34.9 Å². The molecular weight excluding hydrogens is 305 g/mol. The Hall–Kier alpha value is -2.90. The normalized spacial score (nSPS) is 10.4. The molecule has 0 fully saturated rings. The number of hydrogen-bond acceptors (Lipinski definition) is 6. The third-order valence-electron chi connectivity index (χ3n) is 2.93. The van der Waals surface area contributed by atoms with Crippen LogP contribution in [0.15, 0.2) is 24.3 Å². The molecule has 2 rings (SSSR count). The fourth-order valence-electron chi connectivity index (χ4n) is 1.95. The van der Waals surface area contributed by atoms with Crippen molar-refractivity contribution in [3.63, 3.8) is 0 Å². The molecule has 8 heteroatoms. The molecule has 0 saturated carbocycles. The molecule has 2 N–H and O–H groups in total. The highest BCUT2D eigenvalue weighted by atomic mass is 19.1. The molecule has 0 atom stereocenters. The molecule has 1 heterocycles. The van der Waals surface area contributed by atoms with Gasteiger partial charge in [0.05, 0.1) is 18.9 Å². The van der Waals surface area contributed by atoms with E-state index in [2.05, 4.69) is 5.10 Å². The molecule has 0 saturated heterocycles. The molecule has 122 valence electrons. The maximum absolute atomic E-state index is 13.1. The van der Waals surface area contributed by atoms with Crippen molar-refractivity contribution in [3.8, 4) is 5.69 Å². The second kappa shape index (κ2) is 6.91. The lowest BCUT2D eigenvalue weighted by atomic mass is 10.2. The Labute approximate surface area is 131 Å². The van der Waals surface area contributed by atoms with E-state index in [9.17, 15) is 14.0 Å². The molecule has 0 spiro atoms. The molecule has 1 aromatic carbocycles. The SMILES string of the molecule is CCOC(=O)c1nn(-c2ccc(F)cc2)c(C(=O)OCC)c1N. The summed E-state index contributed by atoms with van der Waals surface area (Å²) in [7, 11) is 0. The van der Waals surface area contributed by atoms with Crippen molar-refractivity contribution in [1.82, 2.24) is 9.78 Å². The highest BCUT2D eigenvalue weighted by Gasteiger charge is 2.28. The lowest BCUT2D eigenvalue weighted by molar-refractivity contribution is 0.0510. The molecule has 1 aromatic heterocycles. The van der Waals surface area contributed by atoms with Crippen LogP contribution in [0, 0.1) is 5.82 Å². The number of benzene rings is 1. The first kappa shape index (κ1) is 16.5. The summed E-state index contributed by atoms with van der Waals surface area (Å²) in [4.78, 5) is 24.0. The van der Waals surface area contributed by atoms with E-state index < -0.39 is 17.8 Å². The predicted octanol–water partition coefficient (Wildman–Crippen LogP) is 1.95. The Morgan fingerprint density at radius 3 is 2.26 bits per heavy atom. The summed E-state index contributed by atoms with van der Waals surface area (Å²) in [5.41, 5.74) is 5.78. The molecule has 7 nitrogen and oxygen atoms in total. The van der Waals surface area contributed by atoms with E-state index in [1.54, 1.807) is 13.8 Å². The average Bonchev–Trinajstić information content (AvgIpc) is 2.86. The lowest BCUT2D eigenvalue weighted by Gasteiger charge is -2.07. The minimum atomic E-state index is -0.753. The van der Waals surface area contributed by atoms with Crippen LogP contribution < -0.4 is 5.73 Å². The number of carbonyl (C=O) groups is 2. The van der Waals surface area contributed by atoms with Crippen molar-refractivity contribution in [2.24, 2.45) is 0 Å². The van der Waals surface area contributed by atoms with Gasteiger partial charge < -0.3 is 15.2 Å². The number of aromatic nitrogens is 2. The maximum Gasteiger partial charge on any atom is 0.361 e. The zero-order valence-corrected chi connectivity index (χ0v) is 12.7. The van der Waals surface area contributed by atoms with Crippen molar-refractivity contribution < 1.29 is 23.5 Å². The Bertz CT molecular complexity index is 725. The molecule has 2 aromatic rings. The molecule has 0 unspecified atom stereocenters. The standard InChI is InChI=1S/C15H16FN3O4/c1-3-22-14(20)12-11(17)13(15(21)23-4-2)19(18-12)10-7-5-9(16)6-8-10/h5-8H,3-4,17H2,1-2H3. The zero-order chi connectivity index (χ0) is 17.0. The van der Waals surface area contributed by atoms with Gasteiger partial charge in [0, 0.05) is 0 Å². The number of rotatable bonds is 5. The van der Waals surface area contributed by atoms with Crippen LogP contribution in [-0.2, 0) is 9.47 Å². The van der Waals surface area contributed by atoms with Crippen LogP contribution in [0.2, 0.25) is 0 Å². The topological polar surface area (TPSA) is 96.4 Å². The van der Waals surface area contributed by atoms with Crippen molar-refractivity contribution in [1.29, 1.82) is 0 Å². The molecule has 0 bridgehead atoms. The van der Waals surface area contributed by atoms with Crippen LogP contribution >= 0.6 is 0 Å². The predicted molar refractivity (Wildman–Crippen MR) is 79.8 cm³/mol. The van der Waals surface area contributed by atoms with Gasteiger partial charge in [-0.05, 0) is 38.1 Å². The van der Waals surface area contributed by atoms with Crippen LogP contribution in [0.3, 0.4) is 0 Å². The number of nitrogens with two attached hydrogens (primary N) is 1. The number of anilines is 1. The summed E-state index contributed by atoms with van der Waals surface area (Å²) in [6.07, 6.45) is 0. The van der Waals surface area contributed by atoms with Crippen LogP contribution in [0.25, 0.3) is 5.69 Å². The van der Waals surface area contributed by atoms with Crippen molar-refractivity contribution in [2.75, 3.05) is 18.9 Å². The van der Waals surface area contributed by atoms with Crippen molar-refractivity contribution in [2.45, 2.75) is 13.8 Å². The van der Waals surface area contributed by atoms with E-state index in [4.69, 9.17) is 15.2 Å². The average molecular weight is 321 g/mol. The van der Waals surface area contributed by atoms with Crippen molar-refractivity contribution >= 4 is 17.6 Å². The minimum Gasteiger partial charge on any atom is -0.461 e. The van der Waals surface area contributed by atoms with E-state index in [1.807, 2.05) is 0 Å². The number of hydrogen-bond donors (Lipinski definition) is 1. The van der Waals surface area contributed by atoms with Gasteiger partial charge in [-0.25, -0.2) is 18.7 Å². The number of esters is 2. The molecule has 0 aliphatic rings. The summed E-state index contributed by atoms with van der Waals surface area (Å²) in [6.45, 7) is 3.54. The van der Waals surface area contributed by atoms with E-state index in [1.165, 1.54) is 24.3 Å². The highest BCUT2D eigenvalue weighted by Crippen LogP contribution is 2.23. The monoisotopic (exact) mass is 321 g/mol.